The summed E-state index contributed by atoms with van der Waals surface area (Å²) < 4.78 is 10.0. The van der Waals surface area contributed by atoms with E-state index >= 15 is 0 Å². The summed E-state index contributed by atoms with van der Waals surface area (Å²) in [5.41, 5.74) is -0.379. The van der Waals surface area contributed by atoms with E-state index in [4.69, 9.17) is 9.47 Å². The molecule has 2 aliphatic heterocycles. The summed E-state index contributed by atoms with van der Waals surface area (Å²) in [7, 11) is 3.15. The fourth-order valence-corrected chi connectivity index (χ4v) is 2.82. The predicted octanol–water partition coefficient (Wildman–Crippen LogP) is 0.882. The lowest BCUT2D eigenvalue weighted by atomic mass is 9.82. The van der Waals surface area contributed by atoms with Crippen LogP contribution in [0.3, 0.4) is 0 Å². The van der Waals surface area contributed by atoms with Crippen molar-refractivity contribution in [1.29, 1.82) is 0 Å². The first-order valence-corrected chi connectivity index (χ1v) is 5.03. The van der Waals surface area contributed by atoms with Crippen molar-refractivity contribution < 1.29 is 14.3 Å². The van der Waals surface area contributed by atoms with Gasteiger partial charge in [-0.05, 0) is 25.7 Å². The second kappa shape index (κ2) is 4.28. The van der Waals surface area contributed by atoms with Crippen LogP contribution in [0.1, 0.15) is 25.7 Å². The van der Waals surface area contributed by atoms with Gasteiger partial charge < -0.3 is 9.47 Å². The third kappa shape index (κ3) is 1.86. The van der Waals surface area contributed by atoms with Crippen molar-refractivity contribution in [2.24, 2.45) is 0 Å². The van der Waals surface area contributed by atoms with Crippen LogP contribution in [0.4, 0.5) is 0 Å². The Bertz CT molecular complexity index is 249. The van der Waals surface area contributed by atoms with Crippen LogP contribution in [-0.4, -0.2) is 37.9 Å². The molecule has 0 aliphatic carbocycles. The number of hydrogen-bond acceptors (Lipinski definition) is 4. The van der Waals surface area contributed by atoms with Gasteiger partial charge in [-0.2, -0.15) is 0 Å². The molecule has 0 atom stereocenters. The lowest BCUT2D eigenvalue weighted by molar-refractivity contribution is -0.147. The van der Waals surface area contributed by atoms with Crippen molar-refractivity contribution in [2.45, 2.75) is 36.8 Å². The Balaban J connectivity index is 0.00000112. The minimum absolute atomic E-state index is 0. The van der Waals surface area contributed by atoms with Crippen molar-refractivity contribution in [3.63, 3.8) is 0 Å². The normalized spacial score (nSPS) is 37.5. The summed E-state index contributed by atoms with van der Waals surface area (Å²) in [6, 6.07) is 0. The molecule has 0 aromatic heterocycles. The molecule has 1 N–H and O–H groups in total. The third-order valence-corrected chi connectivity index (χ3v) is 3.56. The maximum Gasteiger partial charge on any atom is 0.326 e. The van der Waals surface area contributed by atoms with E-state index in [2.05, 4.69) is 5.32 Å². The second-order valence-electron chi connectivity index (χ2n) is 4.41. The van der Waals surface area contributed by atoms with E-state index in [9.17, 15) is 4.79 Å². The fraction of sp³-hybridized carbons (Fsp3) is 0.900. The monoisotopic (exact) mass is 235 g/mol. The van der Waals surface area contributed by atoms with Gasteiger partial charge in [0.15, 0.2) is 0 Å². The van der Waals surface area contributed by atoms with Crippen LogP contribution in [0.25, 0.3) is 0 Å². The number of carbonyl (C=O) groups excluding carboxylic acids is 1. The molecule has 0 radical (unpaired) electrons. The van der Waals surface area contributed by atoms with E-state index in [0.29, 0.717) is 6.61 Å². The van der Waals surface area contributed by atoms with Crippen molar-refractivity contribution in [3.05, 3.63) is 0 Å². The molecule has 4 nitrogen and oxygen atoms in total. The number of halogens is 1. The van der Waals surface area contributed by atoms with Crippen LogP contribution in [-0.2, 0) is 14.3 Å². The molecule has 0 aromatic carbocycles. The Hall–Kier alpha value is -0.320. The fourth-order valence-electron chi connectivity index (χ4n) is 2.82. The van der Waals surface area contributed by atoms with E-state index in [1.165, 1.54) is 7.11 Å². The lowest BCUT2D eigenvalue weighted by Crippen LogP contribution is -2.49. The van der Waals surface area contributed by atoms with E-state index in [1.807, 2.05) is 0 Å². The van der Waals surface area contributed by atoms with Crippen LogP contribution < -0.4 is 5.32 Å². The topological polar surface area (TPSA) is 47.6 Å². The lowest BCUT2D eigenvalue weighted by Gasteiger charge is -2.24. The number of rotatable bonds is 3. The minimum Gasteiger partial charge on any atom is -0.468 e. The molecule has 2 saturated heterocycles. The zero-order valence-corrected chi connectivity index (χ0v) is 9.99. The summed E-state index contributed by atoms with van der Waals surface area (Å²) >= 11 is 0. The van der Waals surface area contributed by atoms with E-state index < -0.39 is 5.54 Å². The van der Waals surface area contributed by atoms with Gasteiger partial charge in [0.2, 0.25) is 0 Å². The Morgan fingerprint density at radius 1 is 1.27 bits per heavy atom. The maximum atomic E-state index is 11.6. The Morgan fingerprint density at radius 3 is 2.33 bits per heavy atom. The average Bonchev–Trinajstić information content (AvgIpc) is 2.74. The highest BCUT2D eigenvalue weighted by Gasteiger charge is 2.58. The number of methoxy groups -OCH3 is 2. The van der Waals surface area contributed by atoms with Crippen LogP contribution in [0.5, 0.6) is 0 Å². The van der Waals surface area contributed by atoms with Crippen LogP contribution >= 0.6 is 12.4 Å². The summed E-state index contributed by atoms with van der Waals surface area (Å²) in [5.74, 6) is -0.118. The molecule has 0 spiro atoms. The van der Waals surface area contributed by atoms with Crippen LogP contribution in [0.15, 0.2) is 0 Å². The van der Waals surface area contributed by atoms with Gasteiger partial charge in [0.25, 0.3) is 0 Å². The number of carbonyl (C=O) groups is 1. The highest BCUT2D eigenvalue weighted by atomic mass is 35.5. The number of fused-ring (bicyclic) bond motifs is 2. The molecule has 15 heavy (non-hydrogen) atoms. The Morgan fingerprint density at radius 2 is 1.87 bits per heavy atom. The van der Waals surface area contributed by atoms with Gasteiger partial charge in [-0.3, -0.25) is 10.1 Å². The van der Waals surface area contributed by atoms with Gasteiger partial charge in [0, 0.05) is 12.6 Å². The molecule has 2 bridgehead atoms. The quantitative estimate of drug-likeness (QED) is 0.738. The molecule has 2 fully saturated rings. The molecule has 0 aromatic rings. The molecule has 2 aliphatic rings. The zero-order valence-electron chi connectivity index (χ0n) is 9.17. The molecule has 0 amide bonds. The van der Waals surface area contributed by atoms with Gasteiger partial charge in [-0.25, -0.2) is 0 Å². The average molecular weight is 236 g/mol. The largest absolute Gasteiger partial charge is 0.468 e. The first kappa shape index (κ1) is 12.7. The Kier molecular flexibility index (Phi) is 3.63. The summed E-state index contributed by atoms with van der Waals surface area (Å²) in [4.78, 5) is 11.6. The van der Waals surface area contributed by atoms with Gasteiger partial charge >= 0.3 is 5.97 Å². The number of nitrogens with one attached hydrogen (secondary N) is 1. The predicted molar refractivity (Wildman–Crippen MR) is 58.2 cm³/mol. The van der Waals surface area contributed by atoms with E-state index in [-0.39, 0.29) is 23.9 Å². The molecular weight excluding hydrogens is 218 g/mol. The first-order chi connectivity index (χ1) is 6.66. The molecule has 5 heteroatoms. The molecular formula is C10H18ClNO3. The summed E-state index contributed by atoms with van der Waals surface area (Å²) in [6.07, 6.45) is 3.78. The highest BCUT2D eigenvalue weighted by Crippen LogP contribution is 2.45. The Labute approximate surface area is 96.1 Å². The second-order valence-corrected chi connectivity index (χ2v) is 4.41. The van der Waals surface area contributed by atoms with E-state index in [1.54, 1.807) is 7.11 Å². The van der Waals surface area contributed by atoms with Crippen molar-refractivity contribution >= 4 is 18.4 Å². The van der Waals surface area contributed by atoms with Crippen LogP contribution in [0.2, 0.25) is 0 Å². The van der Waals surface area contributed by atoms with Gasteiger partial charge in [-0.15, -0.1) is 12.4 Å². The zero-order chi connectivity index (χ0) is 10.2. The van der Waals surface area contributed by atoms with E-state index in [0.717, 1.165) is 25.7 Å². The van der Waals surface area contributed by atoms with Crippen molar-refractivity contribution in [3.8, 4) is 0 Å². The number of hydrogen-bond donors (Lipinski definition) is 1. The van der Waals surface area contributed by atoms with Crippen molar-refractivity contribution in [2.75, 3.05) is 20.8 Å². The maximum absolute atomic E-state index is 11.6. The third-order valence-electron chi connectivity index (χ3n) is 3.56. The van der Waals surface area contributed by atoms with Gasteiger partial charge in [-0.1, -0.05) is 0 Å². The van der Waals surface area contributed by atoms with Gasteiger partial charge in [0.05, 0.1) is 13.7 Å². The van der Waals surface area contributed by atoms with Crippen molar-refractivity contribution in [1.82, 2.24) is 5.32 Å². The first-order valence-electron chi connectivity index (χ1n) is 5.03. The SMILES string of the molecule is COCC12CCC(C(=O)OC)(CC1)N2.Cl. The van der Waals surface area contributed by atoms with Crippen LogP contribution in [0, 0.1) is 0 Å². The molecule has 2 heterocycles. The molecule has 0 unspecified atom stereocenters. The summed E-state index contributed by atoms with van der Waals surface area (Å²) in [5, 5.41) is 3.41. The minimum atomic E-state index is -0.409. The molecule has 0 saturated carbocycles. The number of esters is 1. The molecule has 2 rings (SSSR count). The smallest absolute Gasteiger partial charge is 0.326 e. The number of ether oxygens (including phenoxy) is 2. The molecule has 88 valence electrons. The highest BCUT2D eigenvalue weighted by molar-refractivity contribution is 5.85. The standard InChI is InChI=1S/C10H17NO3.ClH/c1-13-7-9-3-5-10(11-9,6-4-9)8(12)14-2;/h11H,3-7H2,1-2H3;1H. The summed E-state index contributed by atoms with van der Waals surface area (Å²) in [6.45, 7) is 0.686. The van der Waals surface area contributed by atoms with Gasteiger partial charge in [0.1, 0.15) is 5.54 Å².